The van der Waals surface area contributed by atoms with Gasteiger partial charge in [-0.1, -0.05) is 18.2 Å². The molecule has 1 saturated heterocycles. The van der Waals surface area contributed by atoms with Gasteiger partial charge >= 0.3 is 12.1 Å². The number of nitrogens with one attached hydrogen (secondary N) is 1. The first-order valence-electron chi connectivity index (χ1n) is 9.77. The molecule has 1 aliphatic heterocycles. The van der Waals surface area contributed by atoms with Gasteiger partial charge in [-0.05, 0) is 48.7 Å². The number of carbonyl (C=O) groups is 2. The number of halogens is 3. The summed E-state index contributed by atoms with van der Waals surface area (Å²) in [6, 6.07) is 9.70. The zero-order valence-corrected chi connectivity index (χ0v) is 17.7. The molecule has 2 aromatic carbocycles. The Bertz CT molecular complexity index is 1080. The Balaban J connectivity index is 1.51. The van der Waals surface area contributed by atoms with Crippen molar-refractivity contribution in [2.24, 2.45) is 0 Å². The van der Waals surface area contributed by atoms with Crippen LogP contribution in [0.4, 0.5) is 13.2 Å². The fourth-order valence-corrected chi connectivity index (χ4v) is 4.15. The summed E-state index contributed by atoms with van der Waals surface area (Å²) in [5.74, 6) is -0.965. The number of likely N-dealkylation sites (tertiary alicyclic amines) is 1. The van der Waals surface area contributed by atoms with E-state index in [0.717, 1.165) is 44.1 Å². The van der Waals surface area contributed by atoms with Crippen LogP contribution < -0.4 is 4.72 Å². The van der Waals surface area contributed by atoms with E-state index in [-0.39, 0.29) is 12.5 Å². The third-order valence-electron chi connectivity index (χ3n) is 4.87. The van der Waals surface area contributed by atoms with Crippen molar-refractivity contribution in [1.29, 1.82) is 0 Å². The van der Waals surface area contributed by atoms with E-state index in [1.165, 1.54) is 0 Å². The van der Waals surface area contributed by atoms with Crippen molar-refractivity contribution >= 4 is 21.9 Å². The highest BCUT2D eigenvalue weighted by atomic mass is 32.2. The molecule has 3 rings (SSSR count). The molecule has 7 nitrogen and oxygen atoms in total. The molecule has 0 spiro atoms. The number of carbonyl (C=O) groups excluding carboxylic acids is 2. The van der Waals surface area contributed by atoms with Gasteiger partial charge in [0.05, 0.1) is 10.5 Å². The van der Waals surface area contributed by atoms with E-state index in [9.17, 15) is 31.2 Å². The summed E-state index contributed by atoms with van der Waals surface area (Å²) >= 11 is 0. The third-order valence-corrected chi connectivity index (χ3v) is 6.27. The van der Waals surface area contributed by atoms with Crippen molar-refractivity contribution in [2.75, 3.05) is 19.6 Å². The summed E-state index contributed by atoms with van der Waals surface area (Å²) in [6.07, 6.45) is -2.73. The lowest BCUT2D eigenvalue weighted by molar-refractivity contribution is -0.143. The molecule has 0 radical (unpaired) electrons. The summed E-state index contributed by atoms with van der Waals surface area (Å²) in [4.78, 5) is 25.3. The van der Waals surface area contributed by atoms with Crippen LogP contribution in [0, 0.1) is 0 Å². The molecule has 0 unspecified atom stereocenters. The largest absolute Gasteiger partial charge is 0.460 e. The molecular weight excluding hydrogens is 449 g/mol. The third kappa shape index (κ3) is 6.07. The number of sulfonamides is 1. The van der Waals surface area contributed by atoms with Gasteiger partial charge < -0.3 is 9.64 Å². The van der Waals surface area contributed by atoms with Gasteiger partial charge in [0.2, 0.25) is 10.0 Å². The Morgan fingerprint density at radius 2 is 1.69 bits per heavy atom. The first-order chi connectivity index (χ1) is 15.1. The van der Waals surface area contributed by atoms with Crippen molar-refractivity contribution < 1.29 is 35.9 Å². The minimum atomic E-state index is -4.70. The number of hydrogen-bond acceptors (Lipinski definition) is 5. The highest BCUT2D eigenvalue weighted by Gasteiger charge is 2.31. The van der Waals surface area contributed by atoms with Crippen LogP contribution in [0.5, 0.6) is 0 Å². The van der Waals surface area contributed by atoms with Gasteiger partial charge in [-0.2, -0.15) is 17.9 Å². The van der Waals surface area contributed by atoms with Crippen LogP contribution in [0.25, 0.3) is 0 Å². The molecule has 0 aromatic heterocycles. The smallest absolute Gasteiger partial charge is 0.416 e. The number of amides is 1. The molecule has 0 atom stereocenters. The first-order valence-corrected chi connectivity index (χ1v) is 11.3. The van der Waals surface area contributed by atoms with Crippen molar-refractivity contribution in [2.45, 2.75) is 30.5 Å². The molecule has 0 saturated carbocycles. The topological polar surface area (TPSA) is 92.8 Å². The van der Waals surface area contributed by atoms with Crippen molar-refractivity contribution in [1.82, 2.24) is 9.62 Å². The van der Waals surface area contributed by atoms with E-state index in [1.54, 1.807) is 29.2 Å². The zero-order chi connectivity index (χ0) is 23.4. The Kier molecular flexibility index (Phi) is 7.19. The molecule has 1 amide bonds. The number of ether oxygens (including phenoxy) is 1. The average molecular weight is 470 g/mol. The number of rotatable bonds is 7. The molecule has 1 heterocycles. The van der Waals surface area contributed by atoms with E-state index in [0.29, 0.717) is 17.2 Å². The van der Waals surface area contributed by atoms with Crippen LogP contribution in [0.3, 0.4) is 0 Å². The van der Waals surface area contributed by atoms with Gasteiger partial charge in [0.25, 0.3) is 5.91 Å². The molecule has 0 bridgehead atoms. The second kappa shape index (κ2) is 9.70. The van der Waals surface area contributed by atoms with E-state index < -0.39 is 39.2 Å². The van der Waals surface area contributed by atoms with Crippen LogP contribution in [0.1, 0.15) is 34.3 Å². The lowest BCUT2D eigenvalue weighted by atomic mass is 10.1. The van der Waals surface area contributed by atoms with Gasteiger partial charge in [-0.15, -0.1) is 0 Å². The summed E-state index contributed by atoms with van der Waals surface area (Å²) in [6.45, 7) is 0.565. The first kappa shape index (κ1) is 23.7. The number of alkyl halides is 3. The minimum absolute atomic E-state index is 0.0601. The quantitative estimate of drug-likeness (QED) is 0.628. The molecule has 1 N–H and O–H groups in total. The summed E-state index contributed by atoms with van der Waals surface area (Å²) in [5, 5.41) is 0. The summed E-state index contributed by atoms with van der Waals surface area (Å²) < 4.78 is 69.6. The standard InChI is InChI=1S/C21H21F3N2O5S/c22-21(23,24)17-4-3-5-18(12-17)32(29,30)25-13-19(27)31-14-15-6-8-16(9-7-15)20(28)26-10-1-2-11-26/h3-9,12,25H,1-2,10-11,13-14H2. The maximum Gasteiger partial charge on any atom is 0.416 e. The van der Waals surface area contributed by atoms with E-state index in [2.05, 4.69) is 0 Å². The SMILES string of the molecule is O=C(CNS(=O)(=O)c1cccc(C(F)(F)F)c1)OCc1ccc(C(=O)N2CCCC2)cc1. The van der Waals surface area contributed by atoms with Crippen LogP contribution in [0.15, 0.2) is 53.4 Å². The molecule has 172 valence electrons. The van der Waals surface area contributed by atoms with Crippen molar-refractivity contribution in [3.05, 3.63) is 65.2 Å². The molecule has 32 heavy (non-hydrogen) atoms. The Hall–Kier alpha value is -2.92. The van der Waals surface area contributed by atoms with E-state index in [4.69, 9.17) is 4.74 Å². The fourth-order valence-electron chi connectivity index (χ4n) is 3.14. The van der Waals surface area contributed by atoms with Gasteiger partial charge in [0.15, 0.2) is 0 Å². The van der Waals surface area contributed by atoms with E-state index in [1.807, 2.05) is 4.72 Å². The highest BCUT2D eigenvalue weighted by molar-refractivity contribution is 7.89. The van der Waals surface area contributed by atoms with Gasteiger partial charge in [-0.3, -0.25) is 9.59 Å². The van der Waals surface area contributed by atoms with Gasteiger partial charge in [0.1, 0.15) is 13.2 Å². The normalized spacial score (nSPS) is 14.4. The van der Waals surface area contributed by atoms with Crippen molar-refractivity contribution in [3.63, 3.8) is 0 Å². The molecule has 1 aliphatic rings. The van der Waals surface area contributed by atoms with Crippen molar-refractivity contribution in [3.8, 4) is 0 Å². The fraction of sp³-hybridized carbons (Fsp3) is 0.333. The number of hydrogen-bond donors (Lipinski definition) is 1. The second-order valence-corrected chi connectivity index (χ2v) is 8.97. The van der Waals surface area contributed by atoms with Gasteiger partial charge in [-0.25, -0.2) is 8.42 Å². The highest BCUT2D eigenvalue weighted by Crippen LogP contribution is 2.30. The molecule has 2 aromatic rings. The maximum absolute atomic E-state index is 12.8. The van der Waals surface area contributed by atoms with E-state index >= 15 is 0 Å². The lowest BCUT2D eigenvalue weighted by Gasteiger charge is -2.15. The monoisotopic (exact) mass is 470 g/mol. The van der Waals surface area contributed by atoms with Gasteiger partial charge in [0, 0.05) is 18.7 Å². The minimum Gasteiger partial charge on any atom is -0.460 e. The Morgan fingerprint density at radius 3 is 2.31 bits per heavy atom. The molecule has 1 fully saturated rings. The summed E-state index contributed by atoms with van der Waals surface area (Å²) in [5.41, 5.74) is 0.00231. The average Bonchev–Trinajstić information content (AvgIpc) is 3.31. The lowest BCUT2D eigenvalue weighted by Crippen LogP contribution is -2.30. The number of esters is 1. The number of benzene rings is 2. The number of nitrogens with zero attached hydrogens (tertiary/aromatic N) is 1. The summed E-state index contributed by atoms with van der Waals surface area (Å²) in [7, 11) is -4.34. The van der Waals surface area contributed by atoms with Crippen LogP contribution >= 0.6 is 0 Å². The predicted octanol–water partition coefficient (Wildman–Crippen LogP) is 2.96. The van der Waals surface area contributed by atoms with Crippen LogP contribution in [0.2, 0.25) is 0 Å². The Labute approximate surface area is 183 Å². The second-order valence-electron chi connectivity index (χ2n) is 7.21. The zero-order valence-electron chi connectivity index (χ0n) is 16.9. The predicted molar refractivity (Wildman–Crippen MR) is 108 cm³/mol. The molecule has 0 aliphatic carbocycles. The molecular formula is C21H21F3N2O5S. The van der Waals surface area contributed by atoms with Crippen LogP contribution in [-0.2, 0) is 32.3 Å². The van der Waals surface area contributed by atoms with Crippen LogP contribution in [-0.4, -0.2) is 44.8 Å². The Morgan fingerprint density at radius 1 is 1.03 bits per heavy atom. The molecule has 11 heteroatoms. The maximum atomic E-state index is 12.8.